The van der Waals surface area contributed by atoms with E-state index in [1.54, 1.807) is 23.3 Å². The van der Waals surface area contributed by atoms with Crippen LogP contribution < -0.4 is 0 Å². The molecule has 1 aliphatic carbocycles. The highest BCUT2D eigenvalue weighted by molar-refractivity contribution is 9.10. The lowest BCUT2D eigenvalue weighted by molar-refractivity contribution is 0.0684. The number of ether oxygens (including phenoxy) is 1. The Morgan fingerprint density at radius 2 is 2.19 bits per heavy atom. The number of carboxylic acid groups (broad SMARTS) is 1. The number of fused-ring (bicyclic) bond motifs is 1. The van der Waals surface area contributed by atoms with Gasteiger partial charge in [0.1, 0.15) is 0 Å². The quantitative estimate of drug-likeness (QED) is 0.610. The molecule has 1 saturated carbocycles. The van der Waals surface area contributed by atoms with Crippen molar-refractivity contribution in [1.29, 1.82) is 0 Å². The molecule has 0 bridgehead atoms. The molecule has 0 saturated heterocycles. The molecule has 0 aliphatic heterocycles. The van der Waals surface area contributed by atoms with Gasteiger partial charge in [0.15, 0.2) is 5.65 Å². The van der Waals surface area contributed by atoms with E-state index in [2.05, 4.69) is 31.0 Å². The van der Waals surface area contributed by atoms with Gasteiger partial charge in [0, 0.05) is 46.5 Å². The molecule has 0 radical (unpaired) electrons. The summed E-state index contributed by atoms with van der Waals surface area (Å²) in [5, 5.41) is 15.0. The number of rotatable bonds is 7. The van der Waals surface area contributed by atoms with Gasteiger partial charge >= 0.3 is 5.97 Å². The molecule has 0 unspecified atom stereocenters. The van der Waals surface area contributed by atoms with Crippen molar-refractivity contribution in [3.05, 3.63) is 40.4 Å². The zero-order valence-electron chi connectivity index (χ0n) is 14.9. The fourth-order valence-corrected chi connectivity index (χ4v) is 3.52. The number of aryl methyl sites for hydroxylation is 1. The third kappa shape index (κ3) is 3.59. The van der Waals surface area contributed by atoms with Gasteiger partial charge in [0.05, 0.1) is 24.1 Å². The Kier molecular flexibility index (Phi) is 4.92. The maximum Gasteiger partial charge on any atom is 0.338 e. The van der Waals surface area contributed by atoms with E-state index >= 15 is 0 Å². The number of hydrogen-bond acceptors (Lipinski definition) is 5. The van der Waals surface area contributed by atoms with Crippen LogP contribution in [0, 0.1) is 5.92 Å². The summed E-state index contributed by atoms with van der Waals surface area (Å²) in [5.41, 5.74) is 2.50. The second kappa shape index (κ2) is 7.36. The van der Waals surface area contributed by atoms with Crippen molar-refractivity contribution < 1.29 is 14.6 Å². The minimum absolute atomic E-state index is 0.147. The standard InChI is InChI=1S/C19H19BrN4O3/c1-2-24-18-14(8-22-24)16(12-5-13(20)7-21-6-12)17(19(25)26)15(23-18)10-27-9-11-3-4-11/h5-8,11H,2-4,9-10H2,1H3,(H,25,26). The molecule has 0 spiro atoms. The highest BCUT2D eigenvalue weighted by Crippen LogP contribution is 2.35. The summed E-state index contributed by atoms with van der Waals surface area (Å²) in [6.07, 6.45) is 7.34. The van der Waals surface area contributed by atoms with Crippen LogP contribution in [0.3, 0.4) is 0 Å². The monoisotopic (exact) mass is 430 g/mol. The molecule has 8 heteroatoms. The molecular formula is C19H19BrN4O3. The average Bonchev–Trinajstić information content (AvgIpc) is 3.38. The van der Waals surface area contributed by atoms with E-state index < -0.39 is 5.97 Å². The maximum atomic E-state index is 12.2. The molecule has 0 amide bonds. The van der Waals surface area contributed by atoms with Gasteiger partial charge in [-0.2, -0.15) is 5.10 Å². The number of carboxylic acids is 1. The lowest BCUT2D eigenvalue weighted by atomic mass is 9.97. The van der Waals surface area contributed by atoms with E-state index in [0.717, 1.165) is 4.47 Å². The molecule has 1 N–H and O–H groups in total. The van der Waals surface area contributed by atoms with Gasteiger partial charge in [0.25, 0.3) is 0 Å². The van der Waals surface area contributed by atoms with Crippen LogP contribution in [0.4, 0.5) is 0 Å². The SMILES string of the molecule is CCn1ncc2c(-c3cncc(Br)c3)c(C(=O)O)c(COCC3CC3)nc21. The van der Waals surface area contributed by atoms with Gasteiger partial charge in [0.2, 0.25) is 0 Å². The Labute approximate surface area is 164 Å². The normalized spacial score (nSPS) is 14.0. The van der Waals surface area contributed by atoms with Crippen LogP contribution in [0.15, 0.2) is 29.1 Å². The van der Waals surface area contributed by atoms with E-state index in [1.807, 2.05) is 13.0 Å². The molecule has 0 atom stereocenters. The van der Waals surface area contributed by atoms with E-state index in [0.29, 0.717) is 46.9 Å². The summed E-state index contributed by atoms with van der Waals surface area (Å²) in [6.45, 7) is 3.42. The maximum absolute atomic E-state index is 12.2. The van der Waals surface area contributed by atoms with Gasteiger partial charge in [-0.25, -0.2) is 14.5 Å². The Hall–Kier alpha value is -2.32. The molecule has 1 fully saturated rings. The third-order valence-electron chi connectivity index (χ3n) is 4.66. The second-order valence-corrected chi connectivity index (χ2v) is 7.58. The topological polar surface area (TPSA) is 90.1 Å². The summed E-state index contributed by atoms with van der Waals surface area (Å²) in [6, 6.07) is 1.85. The van der Waals surface area contributed by atoms with Crippen LogP contribution in [0.25, 0.3) is 22.2 Å². The Bertz CT molecular complexity index is 1010. The van der Waals surface area contributed by atoms with Crippen LogP contribution in [0.2, 0.25) is 0 Å². The molecule has 3 heterocycles. The van der Waals surface area contributed by atoms with Gasteiger partial charge in [-0.15, -0.1) is 0 Å². The fraction of sp³-hybridized carbons (Fsp3) is 0.368. The number of aromatic nitrogens is 4. The van der Waals surface area contributed by atoms with Crippen LogP contribution in [0.5, 0.6) is 0 Å². The average molecular weight is 431 g/mol. The number of pyridine rings is 2. The highest BCUT2D eigenvalue weighted by atomic mass is 79.9. The summed E-state index contributed by atoms with van der Waals surface area (Å²) >= 11 is 3.42. The minimum Gasteiger partial charge on any atom is -0.478 e. The second-order valence-electron chi connectivity index (χ2n) is 6.66. The molecule has 1 aliphatic rings. The van der Waals surface area contributed by atoms with Crippen molar-refractivity contribution in [3.8, 4) is 11.1 Å². The summed E-state index contributed by atoms with van der Waals surface area (Å²) in [4.78, 5) is 21.0. The van der Waals surface area contributed by atoms with Gasteiger partial charge in [-0.05, 0) is 47.7 Å². The first-order chi connectivity index (χ1) is 13.1. The van der Waals surface area contributed by atoms with Crippen LogP contribution in [0.1, 0.15) is 35.8 Å². The van der Waals surface area contributed by atoms with E-state index in [-0.39, 0.29) is 12.2 Å². The predicted octanol–water partition coefficient (Wildman–Crippen LogP) is 3.90. The van der Waals surface area contributed by atoms with Crippen LogP contribution in [-0.4, -0.2) is 37.4 Å². The Morgan fingerprint density at radius 3 is 2.85 bits per heavy atom. The Morgan fingerprint density at radius 1 is 1.37 bits per heavy atom. The fourth-order valence-electron chi connectivity index (χ4n) is 3.16. The van der Waals surface area contributed by atoms with Gasteiger partial charge < -0.3 is 9.84 Å². The number of aromatic carboxylic acids is 1. The third-order valence-corrected chi connectivity index (χ3v) is 5.09. The number of carbonyl (C=O) groups is 1. The first-order valence-electron chi connectivity index (χ1n) is 8.88. The van der Waals surface area contributed by atoms with Crippen molar-refractivity contribution in [3.63, 3.8) is 0 Å². The van der Waals surface area contributed by atoms with E-state index in [4.69, 9.17) is 4.74 Å². The molecule has 4 rings (SSSR count). The molecule has 3 aromatic rings. The summed E-state index contributed by atoms with van der Waals surface area (Å²) in [5.74, 6) is -0.439. The summed E-state index contributed by atoms with van der Waals surface area (Å²) < 4.78 is 8.31. The smallest absolute Gasteiger partial charge is 0.338 e. The van der Waals surface area contributed by atoms with Crippen LogP contribution >= 0.6 is 15.9 Å². The lowest BCUT2D eigenvalue weighted by Gasteiger charge is -2.14. The summed E-state index contributed by atoms with van der Waals surface area (Å²) in [7, 11) is 0. The zero-order valence-corrected chi connectivity index (χ0v) is 16.4. The van der Waals surface area contributed by atoms with E-state index in [9.17, 15) is 9.90 Å². The van der Waals surface area contributed by atoms with Crippen molar-refractivity contribution >= 4 is 32.9 Å². The molecular weight excluding hydrogens is 412 g/mol. The van der Waals surface area contributed by atoms with Crippen molar-refractivity contribution in [2.24, 2.45) is 5.92 Å². The number of nitrogens with zero attached hydrogens (tertiary/aromatic N) is 4. The lowest BCUT2D eigenvalue weighted by Crippen LogP contribution is -2.11. The van der Waals surface area contributed by atoms with Crippen molar-refractivity contribution in [2.45, 2.75) is 32.9 Å². The van der Waals surface area contributed by atoms with Crippen molar-refractivity contribution in [2.75, 3.05) is 6.61 Å². The molecule has 0 aromatic carbocycles. The molecule has 140 valence electrons. The van der Waals surface area contributed by atoms with Gasteiger partial charge in [-0.3, -0.25) is 4.98 Å². The molecule has 7 nitrogen and oxygen atoms in total. The van der Waals surface area contributed by atoms with Crippen LogP contribution in [-0.2, 0) is 17.9 Å². The van der Waals surface area contributed by atoms with E-state index in [1.165, 1.54) is 12.8 Å². The zero-order chi connectivity index (χ0) is 19.0. The first-order valence-corrected chi connectivity index (χ1v) is 9.68. The number of halogens is 1. The largest absolute Gasteiger partial charge is 0.478 e. The number of hydrogen-bond donors (Lipinski definition) is 1. The minimum atomic E-state index is -1.03. The highest BCUT2D eigenvalue weighted by Gasteiger charge is 2.26. The predicted molar refractivity (Wildman–Crippen MR) is 103 cm³/mol. The molecule has 3 aromatic heterocycles. The van der Waals surface area contributed by atoms with Gasteiger partial charge in [-0.1, -0.05) is 0 Å². The first kappa shape index (κ1) is 18.1. The molecule has 27 heavy (non-hydrogen) atoms. The van der Waals surface area contributed by atoms with Crippen molar-refractivity contribution in [1.82, 2.24) is 19.7 Å². The Balaban J connectivity index is 1.92.